The van der Waals surface area contributed by atoms with Crippen LogP contribution in [0, 0.1) is 11.8 Å². The summed E-state index contributed by atoms with van der Waals surface area (Å²) in [5.74, 6) is -13.2. The van der Waals surface area contributed by atoms with E-state index in [1.807, 2.05) is 0 Å². The molecule has 15 N–H and O–H groups in total. The first kappa shape index (κ1) is 59.6. The fourth-order valence-electron chi connectivity index (χ4n) is 7.93. The molecule has 2 aliphatic heterocycles. The number of aliphatic carboxylic acids is 3. The molecule has 2 aliphatic rings. The molecule has 0 radical (unpaired) electrons. The van der Waals surface area contributed by atoms with Crippen LogP contribution >= 0.6 is 0 Å². The molecule has 9 atom stereocenters. The molecule has 27 heteroatoms. The molecule has 2 heterocycles. The van der Waals surface area contributed by atoms with Gasteiger partial charge in [0.2, 0.25) is 53.2 Å². The first-order valence-electron chi connectivity index (χ1n) is 23.3. The third kappa shape index (κ3) is 18.4. The number of nitrogens with two attached hydrogens (primary N) is 2. The molecule has 0 saturated carbocycles. The van der Waals surface area contributed by atoms with Gasteiger partial charge in [-0.3, -0.25) is 52.7 Å². The number of unbranched alkanes of at least 4 members (excludes halogenated alkanes) is 1. The number of rotatable bonds is 29. The van der Waals surface area contributed by atoms with E-state index in [4.69, 9.17) is 11.5 Å². The van der Waals surface area contributed by atoms with Gasteiger partial charge in [0.05, 0.1) is 26.0 Å². The molecule has 2 rings (SSSR count). The zero-order chi connectivity index (χ0) is 53.0. The number of nitrogens with zero attached hydrogens (tertiary/aromatic N) is 2. The van der Waals surface area contributed by atoms with Gasteiger partial charge in [-0.25, -0.2) is 4.79 Å². The Balaban J connectivity index is 2.20. The lowest BCUT2D eigenvalue weighted by molar-refractivity contribution is -0.146. The van der Waals surface area contributed by atoms with Gasteiger partial charge >= 0.3 is 17.9 Å². The van der Waals surface area contributed by atoms with Crippen molar-refractivity contribution in [3.05, 3.63) is 0 Å². The summed E-state index contributed by atoms with van der Waals surface area (Å²) in [7, 11) is 0. The highest BCUT2D eigenvalue weighted by Crippen LogP contribution is 2.23. The molecule has 0 unspecified atom stereocenters. The van der Waals surface area contributed by atoms with E-state index >= 15 is 0 Å². The quantitative estimate of drug-likeness (QED) is 0.0313. The topological polar surface area (TPSA) is 428 Å². The summed E-state index contributed by atoms with van der Waals surface area (Å²) in [4.78, 5) is 158. The van der Waals surface area contributed by atoms with Gasteiger partial charge in [-0.05, 0) is 76.7 Å². The number of carboxylic acid groups (broad SMARTS) is 3. The molecular formula is C43H71N11O16. The summed E-state index contributed by atoms with van der Waals surface area (Å²) in [5.41, 5.74) is 10.8. The molecule has 0 aromatic heterocycles. The number of carbonyl (C=O) groups is 12. The minimum Gasteiger partial charge on any atom is -0.481 e. The number of hydrogen-bond acceptors (Lipinski definition) is 15. The van der Waals surface area contributed by atoms with E-state index in [0.29, 0.717) is 19.3 Å². The van der Waals surface area contributed by atoms with Crippen LogP contribution in [0.4, 0.5) is 0 Å². The Hall–Kier alpha value is -6.48. The Morgan fingerprint density at radius 2 is 1.04 bits per heavy atom. The summed E-state index contributed by atoms with van der Waals surface area (Å²) in [6.45, 7) is 7.27. The van der Waals surface area contributed by atoms with Gasteiger partial charge in [-0.1, -0.05) is 27.7 Å². The van der Waals surface area contributed by atoms with E-state index in [2.05, 4.69) is 37.2 Å². The second-order valence-corrected chi connectivity index (χ2v) is 18.0. The number of carboxylic acids is 3. The third-order valence-corrected chi connectivity index (χ3v) is 11.6. The predicted molar refractivity (Wildman–Crippen MR) is 244 cm³/mol. The number of hydrogen-bond donors (Lipinski definition) is 13. The van der Waals surface area contributed by atoms with Gasteiger partial charge in [0, 0.05) is 13.1 Å². The van der Waals surface area contributed by atoms with E-state index in [1.165, 1.54) is 11.8 Å². The number of aliphatic hydroxyl groups excluding tert-OH is 1. The second-order valence-electron chi connectivity index (χ2n) is 18.0. The van der Waals surface area contributed by atoms with Crippen LogP contribution in [-0.4, -0.2) is 188 Å². The average molecular weight is 998 g/mol. The van der Waals surface area contributed by atoms with Gasteiger partial charge < -0.3 is 78.9 Å². The van der Waals surface area contributed by atoms with E-state index in [1.54, 1.807) is 27.7 Å². The van der Waals surface area contributed by atoms with E-state index in [-0.39, 0.29) is 64.2 Å². The SMILES string of the molecule is CC(C)C[C@H](NC(=O)CN)C(=O)N[C@@H](CO)C(=O)N[C@@H](C)C(=O)N1CCC[C@H]1C(=O)N[C@H](C(=O)N1CCC[C@H]1C(=O)N[C@@H](CC(=O)O)C(=O)N[C@@H](CC(=O)O)C(=O)N[C@@H](CCCCN)C(=O)O)C(C)C. The Labute approximate surface area is 404 Å². The van der Waals surface area contributed by atoms with Crippen LogP contribution in [0.1, 0.15) is 98.8 Å². The molecule has 2 fully saturated rings. The smallest absolute Gasteiger partial charge is 0.326 e. The van der Waals surface area contributed by atoms with Crippen LogP contribution in [0.15, 0.2) is 0 Å². The minimum absolute atomic E-state index is 0.00391. The van der Waals surface area contributed by atoms with Crippen molar-refractivity contribution in [3.63, 3.8) is 0 Å². The molecule has 27 nitrogen and oxygen atoms in total. The number of likely N-dealkylation sites (tertiary alicyclic amines) is 2. The summed E-state index contributed by atoms with van der Waals surface area (Å²) in [6, 6.07) is -12.8. The van der Waals surface area contributed by atoms with Gasteiger partial charge in [-0.15, -0.1) is 0 Å². The maximum absolute atomic E-state index is 14.2. The standard InChI is InChI=1S/C43H71N11O16/c1-21(2)16-25(47-31(56)19-45)35(61)51-28(20-55)38(64)46-23(5)41(67)53-14-8-12-30(53)40(66)52-34(22(3)4)42(68)54-15-9-11-29(54)39(65)50-27(18-33(59)60)37(63)49-26(17-32(57)58)36(62)48-24(43(69)70)10-6-7-13-44/h21-30,34,55H,6-20,44-45H2,1-5H3,(H,46,64)(H,47,56)(H,48,62)(H,49,63)(H,50,65)(H,51,61)(H,52,66)(H,57,58)(H,59,60)(H,69,70)/t23-,24-,25-,26-,27-,28-,29-,30-,34-/m0/s1. The van der Waals surface area contributed by atoms with Gasteiger partial charge in [-0.2, -0.15) is 0 Å². The summed E-state index contributed by atoms with van der Waals surface area (Å²) in [5, 5.41) is 55.1. The molecule has 2 saturated heterocycles. The van der Waals surface area contributed by atoms with Crippen molar-refractivity contribution in [2.24, 2.45) is 23.3 Å². The van der Waals surface area contributed by atoms with Crippen molar-refractivity contribution in [2.45, 2.75) is 153 Å². The van der Waals surface area contributed by atoms with Gasteiger partial charge in [0.25, 0.3) is 0 Å². The maximum Gasteiger partial charge on any atom is 0.326 e. The highest BCUT2D eigenvalue weighted by Gasteiger charge is 2.43. The fourth-order valence-corrected chi connectivity index (χ4v) is 7.93. The van der Waals surface area contributed by atoms with E-state index in [0.717, 1.165) is 4.90 Å². The normalized spacial score (nSPS) is 18.5. The second kappa shape index (κ2) is 28.9. The number of aliphatic hydroxyl groups is 1. The monoisotopic (exact) mass is 998 g/mol. The first-order valence-corrected chi connectivity index (χ1v) is 23.3. The van der Waals surface area contributed by atoms with Crippen LogP contribution in [-0.2, 0) is 57.5 Å². The lowest BCUT2D eigenvalue weighted by Gasteiger charge is -2.33. The van der Waals surface area contributed by atoms with Gasteiger partial charge in [0.15, 0.2) is 0 Å². The Bertz CT molecular complexity index is 1920. The van der Waals surface area contributed by atoms with Crippen LogP contribution in [0.25, 0.3) is 0 Å². The van der Waals surface area contributed by atoms with Crippen LogP contribution in [0.5, 0.6) is 0 Å². The fraction of sp³-hybridized carbons (Fsp3) is 0.721. The lowest BCUT2D eigenvalue weighted by atomic mass is 10.0. The lowest BCUT2D eigenvalue weighted by Crippen LogP contribution is -2.61. The Morgan fingerprint density at radius 1 is 0.571 bits per heavy atom. The zero-order valence-corrected chi connectivity index (χ0v) is 40.2. The summed E-state index contributed by atoms with van der Waals surface area (Å²) < 4.78 is 0. The number of amides is 9. The summed E-state index contributed by atoms with van der Waals surface area (Å²) in [6.07, 6.45) is -0.393. The van der Waals surface area contributed by atoms with Crippen LogP contribution in [0.2, 0.25) is 0 Å². The Morgan fingerprint density at radius 3 is 1.51 bits per heavy atom. The summed E-state index contributed by atoms with van der Waals surface area (Å²) >= 11 is 0. The first-order chi connectivity index (χ1) is 32.9. The number of nitrogens with one attached hydrogen (secondary N) is 7. The largest absolute Gasteiger partial charge is 0.481 e. The maximum atomic E-state index is 14.2. The highest BCUT2D eigenvalue weighted by atomic mass is 16.4. The average Bonchev–Trinajstić information content (AvgIpc) is 3.99. The van der Waals surface area contributed by atoms with E-state index in [9.17, 15) is 78.0 Å². The van der Waals surface area contributed by atoms with Gasteiger partial charge in [0.1, 0.15) is 54.4 Å². The van der Waals surface area contributed by atoms with Crippen molar-refractivity contribution in [1.82, 2.24) is 47.0 Å². The van der Waals surface area contributed by atoms with Crippen molar-refractivity contribution in [1.29, 1.82) is 0 Å². The number of carbonyl (C=O) groups excluding carboxylic acids is 9. The van der Waals surface area contributed by atoms with Crippen LogP contribution < -0.4 is 48.7 Å². The molecular weight excluding hydrogens is 927 g/mol. The molecule has 0 aliphatic carbocycles. The van der Waals surface area contributed by atoms with Crippen molar-refractivity contribution in [2.75, 3.05) is 32.8 Å². The van der Waals surface area contributed by atoms with Crippen molar-refractivity contribution >= 4 is 71.1 Å². The minimum atomic E-state index is -1.91. The van der Waals surface area contributed by atoms with E-state index < -0.39 is 151 Å². The molecule has 0 spiro atoms. The van der Waals surface area contributed by atoms with Crippen LogP contribution in [0.3, 0.4) is 0 Å². The predicted octanol–water partition coefficient (Wildman–Crippen LogP) is -4.80. The molecule has 0 bridgehead atoms. The molecule has 394 valence electrons. The zero-order valence-electron chi connectivity index (χ0n) is 40.2. The third-order valence-electron chi connectivity index (χ3n) is 11.6. The Kier molecular flexibility index (Phi) is 24.6. The molecule has 0 aromatic rings. The highest BCUT2D eigenvalue weighted by molar-refractivity contribution is 5.99. The molecule has 9 amide bonds. The molecule has 70 heavy (non-hydrogen) atoms. The van der Waals surface area contributed by atoms with Crippen molar-refractivity contribution < 1.29 is 78.0 Å². The van der Waals surface area contributed by atoms with Crippen molar-refractivity contribution in [3.8, 4) is 0 Å². The molecule has 0 aromatic carbocycles.